The molecule has 2 amide bonds. The molecular formula is C11H13FN2O2. The molecule has 0 unspecified atom stereocenters. The Balaban J connectivity index is 0.000000221. The lowest BCUT2D eigenvalue weighted by Gasteiger charge is -2.15. The summed E-state index contributed by atoms with van der Waals surface area (Å²) in [7, 11) is 0. The lowest BCUT2D eigenvalue weighted by molar-refractivity contribution is 0.256. The average molecular weight is 224 g/mol. The molecule has 1 aliphatic rings. The Kier molecular flexibility index (Phi) is 4.57. The maximum absolute atomic E-state index is 13.1. The zero-order chi connectivity index (χ0) is 12.0. The van der Waals surface area contributed by atoms with E-state index in [1.807, 2.05) is 6.07 Å². The number of hydrogen-bond donors (Lipinski definition) is 1. The lowest BCUT2D eigenvalue weighted by atomic mass is 9.91. The van der Waals surface area contributed by atoms with Crippen molar-refractivity contribution in [3.05, 3.63) is 40.1 Å². The molecule has 0 bridgehead atoms. The Bertz CT molecular complexity index is 394. The second-order valence-corrected chi connectivity index (χ2v) is 3.51. The Labute approximate surface area is 92.6 Å². The van der Waals surface area contributed by atoms with Crippen LogP contribution >= 0.6 is 0 Å². The molecule has 0 fully saturated rings. The van der Waals surface area contributed by atoms with Gasteiger partial charge in [-0.15, -0.1) is 4.91 Å². The minimum Gasteiger partial charge on any atom is -0.347 e. The highest BCUT2D eigenvalue weighted by Gasteiger charge is 2.11. The first-order valence-electron chi connectivity index (χ1n) is 5.04. The van der Waals surface area contributed by atoms with Crippen LogP contribution in [0.4, 0.5) is 9.18 Å². The summed E-state index contributed by atoms with van der Waals surface area (Å²) in [4.78, 5) is 17.9. The van der Waals surface area contributed by atoms with Gasteiger partial charge in [-0.3, -0.25) is 0 Å². The fourth-order valence-corrected chi connectivity index (χ4v) is 1.73. The molecule has 1 aliphatic carbocycles. The molecule has 0 heterocycles. The second-order valence-electron chi connectivity index (χ2n) is 3.51. The smallest absolute Gasteiger partial charge is 0.347 e. The van der Waals surface area contributed by atoms with E-state index < -0.39 is 6.03 Å². The normalized spacial score (nSPS) is 13.1. The van der Waals surface area contributed by atoms with Crippen LogP contribution in [0, 0.1) is 10.7 Å². The average Bonchev–Trinajstić information content (AvgIpc) is 2.30. The lowest BCUT2D eigenvalue weighted by Crippen LogP contribution is -2.04. The predicted molar refractivity (Wildman–Crippen MR) is 58.4 cm³/mol. The Morgan fingerprint density at radius 1 is 1.31 bits per heavy atom. The minimum absolute atomic E-state index is 0.0119. The third kappa shape index (κ3) is 3.42. The van der Waals surface area contributed by atoms with Gasteiger partial charge in [-0.2, -0.15) is 0 Å². The summed E-state index contributed by atoms with van der Waals surface area (Å²) in [6.45, 7) is 0. The van der Waals surface area contributed by atoms with Crippen molar-refractivity contribution in [2.45, 2.75) is 25.7 Å². The van der Waals surface area contributed by atoms with E-state index in [4.69, 9.17) is 9.70 Å². The number of amides is 2. The molecule has 0 spiro atoms. The summed E-state index contributed by atoms with van der Waals surface area (Å²) in [6.07, 6.45) is 4.36. The van der Waals surface area contributed by atoms with Gasteiger partial charge in [-0.1, -0.05) is 12.1 Å². The quantitative estimate of drug-likeness (QED) is 0.688. The number of carbonyl (C=O) groups excluding carboxylic acids is 1. The van der Waals surface area contributed by atoms with Crippen molar-refractivity contribution in [1.82, 2.24) is 0 Å². The van der Waals surface area contributed by atoms with Gasteiger partial charge in [0.05, 0.1) is 0 Å². The monoisotopic (exact) mass is 224 g/mol. The van der Waals surface area contributed by atoms with Gasteiger partial charge in [0.2, 0.25) is 0 Å². The van der Waals surface area contributed by atoms with E-state index in [2.05, 4.69) is 5.73 Å². The van der Waals surface area contributed by atoms with Crippen LogP contribution in [0.15, 0.2) is 23.4 Å². The van der Waals surface area contributed by atoms with Gasteiger partial charge in [0.1, 0.15) is 5.82 Å². The molecule has 1 aromatic carbocycles. The van der Waals surface area contributed by atoms with Crippen LogP contribution < -0.4 is 5.73 Å². The molecule has 2 N–H and O–H groups in total. The Hall–Kier alpha value is -1.78. The molecular weight excluding hydrogens is 211 g/mol. The number of primary amides is 1. The molecule has 4 nitrogen and oxygen atoms in total. The number of fused-ring (bicyclic) bond motifs is 1. The van der Waals surface area contributed by atoms with E-state index in [0.717, 1.165) is 24.8 Å². The van der Waals surface area contributed by atoms with Gasteiger partial charge in [-0.05, 0) is 42.9 Å². The van der Waals surface area contributed by atoms with Crippen molar-refractivity contribution in [3.8, 4) is 0 Å². The zero-order valence-electron chi connectivity index (χ0n) is 8.78. The minimum atomic E-state index is -1.18. The van der Waals surface area contributed by atoms with Crippen molar-refractivity contribution in [2.24, 2.45) is 10.9 Å². The highest BCUT2D eigenvalue weighted by molar-refractivity contribution is 5.72. The third-order valence-corrected chi connectivity index (χ3v) is 2.43. The molecule has 0 aliphatic heterocycles. The molecule has 16 heavy (non-hydrogen) atoms. The highest BCUT2D eigenvalue weighted by Crippen LogP contribution is 2.22. The van der Waals surface area contributed by atoms with Gasteiger partial charge in [0, 0.05) is 5.18 Å². The number of carbonyl (C=O) groups is 1. The van der Waals surface area contributed by atoms with Crippen LogP contribution in [0.3, 0.4) is 0 Å². The van der Waals surface area contributed by atoms with Gasteiger partial charge >= 0.3 is 6.03 Å². The Morgan fingerprint density at radius 3 is 2.50 bits per heavy atom. The number of nitrogens with zero attached hydrogens (tertiary/aromatic N) is 1. The summed E-state index contributed by atoms with van der Waals surface area (Å²) >= 11 is 0. The van der Waals surface area contributed by atoms with E-state index in [1.165, 1.54) is 12.0 Å². The van der Waals surface area contributed by atoms with Crippen molar-refractivity contribution in [2.75, 3.05) is 0 Å². The van der Waals surface area contributed by atoms with Gasteiger partial charge in [0.25, 0.3) is 0 Å². The van der Waals surface area contributed by atoms with Crippen LogP contribution in [-0.4, -0.2) is 6.03 Å². The number of benzene rings is 1. The highest BCUT2D eigenvalue weighted by atomic mass is 19.1. The molecule has 0 aromatic heterocycles. The topological polar surface area (TPSA) is 72.5 Å². The first-order valence-corrected chi connectivity index (χ1v) is 5.04. The summed E-state index contributed by atoms with van der Waals surface area (Å²) in [6, 6.07) is 4.23. The number of hydrogen-bond acceptors (Lipinski definition) is 2. The third-order valence-electron chi connectivity index (χ3n) is 2.43. The van der Waals surface area contributed by atoms with Crippen LogP contribution in [0.25, 0.3) is 0 Å². The van der Waals surface area contributed by atoms with Crippen LogP contribution in [-0.2, 0) is 12.8 Å². The SMILES string of the molecule is Fc1cccc2c1CCCC2.NC(=O)N=O. The number of halogens is 1. The van der Waals surface area contributed by atoms with E-state index in [0.29, 0.717) is 0 Å². The second kappa shape index (κ2) is 5.95. The van der Waals surface area contributed by atoms with Crippen LogP contribution in [0.2, 0.25) is 0 Å². The van der Waals surface area contributed by atoms with Crippen molar-refractivity contribution in [1.29, 1.82) is 0 Å². The molecule has 0 saturated heterocycles. The molecule has 5 heteroatoms. The van der Waals surface area contributed by atoms with Crippen molar-refractivity contribution in [3.63, 3.8) is 0 Å². The molecule has 0 radical (unpaired) electrons. The number of aryl methyl sites for hydroxylation is 1. The fraction of sp³-hybridized carbons (Fsp3) is 0.364. The van der Waals surface area contributed by atoms with E-state index in [9.17, 15) is 4.39 Å². The van der Waals surface area contributed by atoms with Crippen molar-refractivity contribution < 1.29 is 9.18 Å². The maximum atomic E-state index is 13.1. The Morgan fingerprint density at radius 2 is 1.94 bits per heavy atom. The number of nitrogens with two attached hydrogens (primary N) is 1. The van der Waals surface area contributed by atoms with Gasteiger partial charge < -0.3 is 5.73 Å². The molecule has 2 rings (SSSR count). The first kappa shape index (κ1) is 12.3. The number of rotatable bonds is 0. The van der Waals surface area contributed by atoms with Crippen molar-refractivity contribution >= 4 is 6.03 Å². The molecule has 0 saturated carbocycles. The first-order chi connectivity index (χ1) is 7.65. The largest absolute Gasteiger partial charge is 0.376 e. The summed E-state index contributed by atoms with van der Waals surface area (Å²) < 4.78 is 13.1. The van der Waals surface area contributed by atoms with Gasteiger partial charge in [0.15, 0.2) is 0 Å². The maximum Gasteiger partial charge on any atom is 0.376 e. The molecule has 0 atom stereocenters. The summed E-state index contributed by atoms with van der Waals surface area (Å²) in [5, 5.41) is 1.78. The zero-order valence-corrected chi connectivity index (χ0v) is 8.78. The van der Waals surface area contributed by atoms with E-state index >= 15 is 0 Å². The molecule has 86 valence electrons. The molecule has 1 aromatic rings. The van der Waals surface area contributed by atoms with Crippen LogP contribution in [0.1, 0.15) is 24.0 Å². The number of nitroso groups, excluding NO2 is 1. The number of urea groups is 1. The fourth-order valence-electron chi connectivity index (χ4n) is 1.73. The predicted octanol–water partition coefficient (Wildman–Crippen LogP) is 2.54. The summed E-state index contributed by atoms with van der Waals surface area (Å²) in [5.41, 5.74) is 6.35. The van der Waals surface area contributed by atoms with E-state index in [-0.39, 0.29) is 5.82 Å². The summed E-state index contributed by atoms with van der Waals surface area (Å²) in [5.74, 6) is -0.0119. The van der Waals surface area contributed by atoms with Gasteiger partial charge in [-0.25, -0.2) is 9.18 Å². The van der Waals surface area contributed by atoms with Crippen LogP contribution in [0.5, 0.6) is 0 Å². The standard InChI is InChI=1S/C10H11F.CH2N2O2/c11-10-7-3-5-8-4-1-2-6-9(8)10;2-1(4)3-5/h3,5,7H,1-2,4,6H2;(H2,2,4). The van der Waals surface area contributed by atoms with E-state index in [1.54, 1.807) is 17.3 Å².